The van der Waals surface area contributed by atoms with Gasteiger partial charge in [-0.05, 0) is 134 Å². The van der Waals surface area contributed by atoms with Gasteiger partial charge in [-0.15, -0.1) is 0 Å². The van der Waals surface area contributed by atoms with Crippen LogP contribution in [0.4, 0.5) is 0 Å². The lowest BCUT2D eigenvalue weighted by molar-refractivity contribution is 1.06. The molecule has 1 heterocycles. The molecular weight excluding hydrogens is 737 g/mol. The molecule has 2 nitrogen and oxygen atoms in total. The van der Waals surface area contributed by atoms with E-state index in [9.17, 15) is 0 Å². The maximum Gasteiger partial charge on any atom is 0.0659 e. The molecule has 0 amide bonds. The molecule has 0 fully saturated rings. The van der Waals surface area contributed by atoms with Crippen LogP contribution < -0.4 is 0 Å². The summed E-state index contributed by atoms with van der Waals surface area (Å²) in [4.78, 5) is 5.16. The normalized spacial score (nSPS) is 12.6. The summed E-state index contributed by atoms with van der Waals surface area (Å²) in [5, 5.41) is 19.8. The molecule has 0 spiro atoms. The van der Waals surface area contributed by atoms with Crippen LogP contribution in [0.25, 0.3) is 105 Å². The van der Waals surface area contributed by atoms with Gasteiger partial charge in [-0.2, -0.15) is 0 Å². The Kier molecular flexibility index (Phi) is 8.90. The monoisotopic (exact) mass is 776 g/mol. The van der Waals surface area contributed by atoms with Gasteiger partial charge < -0.3 is 5.41 Å². The van der Waals surface area contributed by atoms with Crippen LogP contribution in [-0.2, 0) is 6.54 Å². The first-order valence-electron chi connectivity index (χ1n) is 20.8. The molecule has 0 radical (unpaired) electrons. The van der Waals surface area contributed by atoms with Crippen molar-refractivity contribution in [3.63, 3.8) is 0 Å². The number of benzene rings is 10. The summed E-state index contributed by atoms with van der Waals surface area (Å²) < 4.78 is 0. The third-order valence-electron chi connectivity index (χ3n) is 12.5. The van der Waals surface area contributed by atoms with Crippen molar-refractivity contribution in [1.29, 1.82) is 5.41 Å². The SMILES string of the molecule is C=Cc1c(/C=C\C=N)ccc2c1CN=C(c1ccc3c4ccc(-c5c6ccccc6c(-c6ccc(-c7ccccc7)cc6)c6ccccc56)cc4c4ccccc4c3c1)C=C2. The summed E-state index contributed by atoms with van der Waals surface area (Å²) in [5.74, 6) is 0. The second kappa shape index (κ2) is 15.0. The summed E-state index contributed by atoms with van der Waals surface area (Å²) in [6.45, 7) is 4.67. The molecule has 61 heavy (non-hydrogen) atoms. The molecule has 1 N–H and O–H groups in total. The van der Waals surface area contributed by atoms with Crippen LogP contribution in [0.3, 0.4) is 0 Å². The molecule has 1 aliphatic heterocycles. The van der Waals surface area contributed by atoms with Gasteiger partial charge in [0.2, 0.25) is 0 Å². The Balaban J connectivity index is 1.05. The maximum atomic E-state index is 7.46. The topological polar surface area (TPSA) is 36.2 Å². The first-order chi connectivity index (χ1) is 30.2. The fraction of sp³-hybridized carbons (Fsp3) is 0.0169. The average molecular weight is 777 g/mol. The summed E-state index contributed by atoms with van der Waals surface area (Å²) >= 11 is 0. The van der Waals surface area contributed by atoms with Crippen molar-refractivity contribution < 1.29 is 0 Å². The number of hydrogen-bond donors (Lipinski definition) is 1. The van der Waals surface area contributed by atoms with Crippen molar-refractivity contribution >= 4 is 84.0 Å². The Morgan fingerprint density at radius 2 is 0.934 bits per heavy atom. The molecule has 0 saturated carbocycles. The number of rotatable bonds is 7. The Bertz CT molecular complexity index is 3430. The lowest BCUT2D eigenvalue weighted by atomic mass is 9.84. The quantitative estimate of drug-likeness (QED) is 0.0951. The molecule has 0 aliphatic carbocycles. The average Bonchev–Trinajstić information content (AvgIpc) is 3.55. The number of aliphatic imine (C=N–C) groups is 1. The van der Waals surface area contributed by atoms with Gasteiger partial charge in [0, 0.05) is 11.8 Å². The number of nitrogens with zero attached hydrogens (tertiary/aromatic N) is 1. The summed E-state index contributed by atoms with van der Waals surface area (Å²) in [6.07, 6.45) is 11.2. The predicted octanol–water partition coefficient (Wildman–Crippen LogP) is 15.8. The van der Waals surface area contributed by atoms with Crippen LogP contribution in [-0.4, -0.2) is 11.9 Å². The molecule has 2 heteroatoms. The van der Waals surface area contributed by atoms with Gasteiger partial charge in [-0.3, -0.25) is 4.99 Å². The van der Waals surface area contributed by atoms with Crippen molar-refractivity contribution in [2.45, 2.75) is 6.54 Å². The van der Waals surface area contributed by atoms with Crippen molar-refractivity contribution in [3.8, 4) is 33.4 Å². The molecule has 11 rings (SSSR count). The number of allylic oxidation sites excluding steroid dienone is 2. The Morgan fingerprint density at radius 3 is 1.54 bits per heavy atom. The Hall–Kier alpha value is -7.94. The molecule has 0 unspecified atom stereocenters. The Morgan fingerprint density at radius 1 is 0.443 bits per heavy atom. The number of hydrogen-bond acceptors (Lipinski definition) is 2. The minimum absolute atomic E-state index is 0.551. The smallest absolute Gasteiger partial charge is 0.0659 e. The van der Waals surface area contributed by atoms with Crippen molar-refractivity contribution in [1.82, 2.24) is 0 Å². The van der Waals surface area contributed by atoms with E-state index in [0.717, 1.165) is 33.5 Å². The summed E-state index contributed by atoms with van der Waals surface area (Å²) in [5.41, 5.74) is 13.8. The van der Waals surface area contributed by atoms with Crippen molar-refractivity contribution in [2.75, 3.05) is 0 Å². The minimum atomic E-state index is 0.551. The number of fused-ring (bicyclic) bond motifs is 9. The second-order valence-corrected chi connectivity index (χ2v) is 15.8. The van der Waals surface area contributed by atoms with E-state index in [1.807, 2.05) is 12.2 Å². The first-order valence-corrected chi connectivity index (χ1v) is 20.8. The van der Waals surface area contributed by atoms with Gasteiger partial charge in [-0.1, -0.05) is 189 Å². The van der Waals surface area contributed by atoms with Gasteiger partial charge in [0.1, 0.15) is 0 Å². The van der Waals surface area contributed by atoms with E-state index in [1.54, 1.807) is 6.08 Å². The fourth-order valence-corrected chi connectivity index (χ4v) is 9.63. The molecule has 10 aromatic rings. The Labute approximate surface area is 355 Å². The highest BCUT2D eigenvalue weighted by Crippen LogP contribution is 2.46. The standard InChI is InChI=1S/C59H40N2/c1-2-45-40(15-12-34-60)24-25-41-30-33-57(61-37-56(41)45)43-28-31-48-49-32-29-44(36-55(49)47-17-7-6-16-46(47)54(48)35-43)59-52-20-10-8-18-50(52)58(51-19-9-11-21-53(51)59)42-26-22-39(23-27-42)38-13-4-3-5-14-38/h2-36,60H,1,37H2/b15-12-,60-34?. The highest BCUT2D eigenvalue weighted by molar-refractivity contribution is 6.28. The van der Waals surface area contributed by atoms with E-state index in [4.69, 9.17) is 10.4 Å². The molecular formula is C59H40N2. The zero-order valence-corrected chi connectivity index (χ0v) is 33.6. The van der Waals surface area contributed by atoms with E-state index in [-0.39, 0.29) is 0 Å². The molecule has 1 aliphatic rings. The van der Waals surface area contributed by atoms with Crippen LogP contribution in [0.1, 0.15) is 27.8 Å². The summed E-state index contributed by atoms with van der Waals surface area (Å²) in [6, 6.07) is 64.5. The highest BCUT2D eigenvalue weighted by Gasteiger charge is 2.19. The predicted molar refractivity (Wildman–Crippen MR) is 264 cm³/mol. The van der Waals surface area contributed by atoms with Crippen LogP contribution >= 0.6 is 0 Å². The summed E-state index contributed by atoms with van der Waals surface area (Å²) in [7, 11) is 0. The van der Waals surface area contributed by atoms with Gasteiger partial charge in [0.25, 0.3) is 0 Å². The van der Waals surface area contributed by atoms with Crippen molar-refractivity contribution in [2.24, 2.45) is 4.99 Å². The van der Waals surface area contributed by atoms with Crippen LogP contribution in [0.15, 0.2) is 200 Å². The lowest BCUT2D eigenvalue weighted by Crippen LogP contribution is -1.98. The van der Waals surface area contributed by atoms with Crippen LogP contribution in [0, 0.1) is 5.41 Å². The maximum absolute atomic E-state index is 7.46. The molecule has 10 aromatic carbocycles. The van der Waals surface area contributed by atoms with E-state index in [0.29, 0.717) is 6.54 Å². The highest BCUT2D eigenvalue weighted by atomic mass is 14.7. The molecule has 0 bridgehead atoms. The van der Waals surface area contributed by atoms with Crippen LogP contribution in [0.5, 0.6) is 0 Å². The first kappa shape index (κ1) is 36.2. The zero-order valence-electron chi connectivity index (χ0n) is 33.6. The van der Waals surface area contributed by atoms with Crippen LogP contribution in [0.2, 0.25) is 0 Å². The van der Waals surface area contributed by atoms with Crippen molar-refractivity contribution in [3.05, 3.63) is 222 Å². The molecule has 0 aromatic heterocycles. The second-order valence-electron chi connectivity index (χ2n) is 15.8. The fourth-order valence-electron chi connectivity index (χ4n) is 9.63. The van der Waals surface area contributed by atoms with Gasteiger partial charge in [-0.25, -0.2) is 0 Å². The van der Waals surface area contributed by atoms with E-state index < -0.39 is 0 Å². The largest absolute Gasteiger partial charge is 0.309 e. The van der Waals surface area contributed by atoms with E-state index >= 15 is 0 Å². The molecule has 0 atom stereocenters. The molecule has 286 valence electrons. The van der Waals surface area contributed by atoms with Gasteiger partial charge >= 0.3 is 0 Å². The van der Waals surface area contributed by atoms with E-state index in [1.165, 1.54) is 93.5 Å². The zero-order chi connectivity index (χ0) is 40.9. The third-order valence-corrected chi connectivity index (χ3v) is 12.5. The van der Waals surface area contributed by atoms with Gasteiger partial charge in [0.15, 0.2) is 0 Å². The lowest BCUT2D eigenvalue weighted by Gasteiger charge is -2.19. The molecule has 0 saturated heterocycles. The van der Waals surface area contributed by atoms with E-state index in [2.05, 4.69) is 195 Å². The number of nitrogens with one attached hydrogen (secondary N) is 1. The minimum Gasteiger partial charge on any atom is -0.309 e. The van der Waals surface area contributed by atoms with Gasteiger partial charge in [0.05, 0.1) is 12.3 Å². The third kappa shape index (κ3) is 6.12.